The van der Waals surface area contributed by atoms with E-state index >= 15 is 0 Å². The van der Waals surface area contributed by atoms with E-state index in [0.717, 1.165) is 51.9 Å². The Hall–Kier alpha value is -2.04. The van der Waals surface area contributed by atoms with Crippen LogP contribution in [0.15, 0.2) is 54.6 Å². The molecule has 0 saturated carbocycles. The van der Waals surface area contributed by atoms with Crippen molar-refractivity contribution >= 4 is 23.2 Å². The molecule has 0 atom stereocenters. The average Bonchev–Trinajstić information content (AvgIpc) is 2.75. The number of halogens is 1. The van der Waals surface area contributed by atoms with Crippen molar-refractivity contribution < 1.29 is 9.53 Å². The van der Waals surface area contributed by atoms with E-state index in [0.29, 0.717) is 16.7 Å². The van der Waals surface area contributed by atoms with Gasteiger partial charge in [0.05, 0.1) is 12.2 Å². The van der Waals surface area contributed by atoms with Crippen LogP contribution in [0.3, 0.4) is 0 Å². The van der Waals surface area contributed by atoms with Gasteiger partial charge in [-0.25, -0.2) is 0 Å². The second-order valence-electron chi connectivity index (χ2n) is 7.66. The number of nitrogens with zero attached hydrogens (tertiary/aromatic N) is 2. The topological polar surface area (TPSA) is 32.8 Å². The van der Waals surface area contributed by atoms with E-state index in [1.165, 1.54) is 5.69 Å². The number of ether oxygens (including phenoxy) is 1. The predicted molar refractivity (Wildman–Crippen MR) is 113 cm³/mol. The smallest absolute Gasteiger partial charge is 0.253 e. The van der Waals surface area contributed by atoms with E-state index in [1.54, 1.807) is 24.3 Å². The SMILES string of the molecule is O=C(c1ccc(Cl)cc1)N1CCC(OC2CCN(c3ccccc3)CC2)CC1. The van der Waals surface area contributed by atoms with E-state index in [-0.39, 0.29) is 12.0 Å². The fraction of sp³-hybridized carbons (Fsp3) is 0.435. The lowest BCUT2D eigenvalue weighted by Gasteiger charge is -2.38. The molecule has 2 saturated heterocycles. The van der Waals surface area contributed by atoms with Crippen LogP contribution in [0, 0.1) is 0 Å². The quantitative estimate of drug-likeness (QED) is 0.752. The first-order valence-electron chi connectivity index (χ1n) is 10.2. The number of piperidine rings is 2. The molecule has 0 spiro atoms. The van der Waals surface area contributed by atoms with Gasteiger partial charge in [-0.2, -0.15) is 0 Å². The molecule has 4 rings (SSSR count). The molecular weight excluding hydrogens is 372 g/mol. The number of hydrogen-bond acceptors (Lipinski definition) is 3. The minimum Gasteiger partial charge on any atom is -0.375 e. The van der Waals surface area contributed by atoms with Crippen molar-refractivity contribution in [1.29, 1.82) is 0 Å². The molecule has 2 aromatic rings. The summed E-state index contributed by atoms with van der Waals surface area (Å²) in [7, 11) is 0. The molecule has 2 aliphatic heterocycles. The van der Waals surface area contributed by atoms with Crippen molar-refractivity contribution in [2.24, 2.45) is 0 Å². The maximum absolute atomic E-state index is 12.6. The zero-order valence-corrected chi connectivity index (χ0v) is 16.9. The number of amides is 1. The lowest BCUT2D eigenvalue weighted by molar-refractivity contribution is -0.0477. The molecule has 0 radical (unpaired) electrons. The van der Waals surface area contributed by atoms with E-state index in [1.807, 2.05) is 4.90 Å². The third-order valence-electron chi connectivity index (χ3n) is 5.77. The second-order valence-corrected chi connectivity index (χ2v) is 8.09. The van der Waals surface area contributed by atoms with Gasteiger partial charge in [-0.05, 0) is 62.1 Å². The number of carbonyl (C=O) groups excluding carboxylic acids is 1. The molecule has 148 valence electrons. The van der Waals surface area contributed by atoms with Gasteiger partial charge in [0.25, 0.3) is 5.91 Å². The lowest BCUT2D eigenvalue weighted by atomic mass is 10.0. The average molecular weight is 399 g/mol. The van der Waals surface area contributed by atoms with Crippen molar-refractivity contribution in [3.8, 4) is 0 Å². The van der Waals surface area contributed by atoms with Gasteiger partial charge in [-0.1, -0.05) is 29.8 Å². The summed E-state index contributed by atoms with van der Waals surface area (Å²) in [6, 6.07) is 17.7. The van der Waals surface area contributed by atoms with Gasteiger partial charge >= 0.3 is 0 Å². The maximum Gasteiger partial charge on any atom is 0.253 e. The first-order valence-corrected chi connectivity index (χ1v) is 10.6. The van der Waals surface area contributed by atoms with Crippen LogP contribution in [0.2, 0.25) is 5.02 Å². The fourth-order valence-corrected chi connectivity index (χ4v) is 4.26. The Morgan fingerprint density at radius 3 is 2.00 bits per heavy atom. The Morgan fingerprint density at radius 1 is 0.821 bits per heavy atom. The van der Waals surface area contributed by atoms with Gasteiger partial charge in [0.2, 0.25) is 0 Å². The van der Waals surface area contributed by atoms with Crippen LogP contribution in [-0.4, -0.2) is 49.2 Å². The molecule has 0 aliphatic carbocycles. The van der Waals surface area contributed by atoms with Crippen LogP contribution in [0.5, 0.6) is 0 Å². The number of hydrogen-bond donors (Lipinski definition) is 0. The minimum atomic E-state index is 0.0892. The summed E-state index contributed by atoms with van der Waals surface area (Å²) in [6.45, 7) is 3.61. The molecule has 28 heavy (non-hydrogen) atoms. The number of anilines is 1. The van der Waals surface area contributed by atoms with E-state index < -0.39 is 0 Å². The predicted octanol–water partition coefficient (Wildman–Crippen LogP) is 4.63. The largest absolute Gasteiger partial charge is 0.375 e. The highest BCUT2D eigenvalue weighted by Crippen LogP contribution is 2.25. The Kier molecular flexibility index (Phi) is 6.18. The monoisotopic (exact) mass is 398 g/mol. The number of likely N-dealkylation sites (tertiary alicyclic amines) is 1. The lowest BCUT2D eigenvalue weighted by Crippen LogP contribution is -2.43. The zero-order valence-electron chi connectivity index (χ0n) is 16.1. The molecule has 2 fully saturated rings. The van der Waals surface area contributed by atoms with Crippen molar-refractivity contribution in [3.05, 3.63) is 65.2 Å². The van der Waals surface area contributed by atoms with Crippen molar-refractivity contribution in [1.82, 2.24) is 4.90 Å². The summed E-state index contributed by atoms with van der Waals surface area (Å²) >= 11 is 5.91. The number of para-hydroxylation sites is 1. The number of carbonyl (C=O) groups is 1. The molecule has 1 amide bonds. The van der Waals surface area contributed by atoms with Crippen LogP contribution in [0.4, 0.5) is 5.69 Å². The molecule has 0 N–H and O–H groups in total. The van der Waals surface area contributed by atoms with Crippen LogP contribution in [0.25, 0.3) is 0 Å². The van der Waals surface area contributed by atoms with E-state index in [9.17, 15) is 4.79 Å². The highest BCUT2D eigenvalue weighted by molar-refractivity contribution is 6.30. The fourth-order valence-electron chi connectivity index (χ4n) is 4.13. The molecule has 2 aliphatic rings. The van der Waals surface area contributed by atoms with Crippen LogP contribution < -0.4 is 4.90 Å². The molecule has 0 unspecified atom stereocenters. The van der Waals surface area contributed by atoms with Crippen molar-refractivity contribution in [2.75, 3.05) is 31.1 Å². The van der Waals surface area contributed by atoms with E-state index in [4.69, 9.17) is 16.3 Å². The molecule has 4 nitrogen and oxygen atoms in total. The normalized spacial score (nSPS) is 19.0. The summed E-state index contributed by atoms with van der Waals surface area (Å²) in [5, 5.41) is 0.655. The molecule has 0 aromatic heterocycles. The first kappa shape index (κ1) is 19.3. The van der Waals surface area contributed by atoms with E-state index in [2.05, 4.69) is 35.2 Å². The van der Waals surface area contributed by atoms with Gasteiger partial charge in [-0.15, -0.1) is 0 Å². The van der Waals surface area contributed by atoms with Gasteiger partial charge in [-0.3, -0.25) is 4.79 Å². The Morgan fingerprint density at radius 2 is 1.39 bits per heavy atom. The standard InChI is InChI=1S/C23H27ClN2O2/c24-19-8-6-18(7-9-19)23(27)26-16-12-22(13-17-26)28-21-10-14-25(15-11-21)20-4-2-1-3-5-20/h1-9,21-22H,10-17H2. The molecular formula is C23H27ClN2O2. The van der Waals surface area contributed by atoms with Gasteiger partial charge in [0.1, 0.15) is 0 Å². The molecule has 2 heterocycles. The molecule has 2 aromatic carbocycles. The summed E-state index contributed by atoms with van der Waals surface area (Å²) in [5.41, 5.74) is 2.01. The molecule has 5 heteroatoms. The van der Waals surface area contributed by atoms with Gasteiger partial charge < -0.3 is 14.5 Å². The number of rotatable bonds is 4. The zero-order chi connectivity index (χ0) is 19.3. The first-order chi connectivity index (χ1) is 13.7. The summed E-state index contributed by atoms with van der Waals surface area (Å²) in [6.07, 6.45) is 4.57. The van der Waals surface area contributed by atoms with Crippen molar-refractivity contribution in [3.63, 3.8) is 0 Å². The van der Waals surface area contributed by atoms with Gasteiger partial charge in [0.15, 0.2) is 0 Å². The summed E-state index contributed by atoms with van der Waals surface area (Å²) in [4.78, 5) is 17.0. The third-order valence-corrected chi connectivity index (χ3v) is 6.02. The minimum absolute atomic E-state index is 0.0892. The summed E-state index contributed by atoms with van der Waals surface area (Å²) in [5.74, 6) is 0.0892. The Bertz CT molecular complexity index is 765. The van der Waals surface area contributed by atoms with Gasteiger partial charge in [0, 0.05) is 42.5 Å². The maximum atomic E-state index is 12.6. The highest BCUT2D eigenvalue weighted by Gasteiger charge is 2.28. The number of benzene rings is 2. The third kappa shape index (κ3) is 4.68. The Labute approximate surface area is 172 Å². The second kappa shape index (κ2) is 8.97. The molecule has 0 bridgehead atoms. The van der Waals surface area contributed by atoms with Crippen LogP contribution >= 0.6 is 11.6 Å². The highest BCUT2D eigenvalue weighted by atomic mass is 35.5. The Balaban J connectivity index is 1.22. The van der Waals surface area contributed by atoms with Crippen molar-refractivity contribution in [2.45, 2.75) is 37.9 Å². The summed E-state index contributed by atoms with van der Waals surface area (Å²) < 4.78 is 6.38. The van der Waals surface area contributed by atoms with Crippen LogP contribution in [0.1, 0.15) is 36.0 Å². The van der Waals surface area contributed by atoms with Crippen LogP contribution in [-0.2, 0) is 4.74 Å².